The van der Waals surface area contributed by atoms with Crippen LogP contribution in [0, 0.1) is 5.41 Å². The second-order valence-corrected chi connectivity index (χ2v) is 4.42. The van der Waals surface area contributed by atoms with Crippen molar-refractivity contribution in [2.75, 3.05) is 0 Å². The fraction of sp³-hybridized carbons (Fsp3) is 0.714. The van der Waals surface area contributed by atoms with Gasteiger partial charge in [0, 0.05) is 0 Å². The van der Waals surface area contributed by atoms with Crippen LogP contribution in [0.1, 0.15) is 59.3 Å². The number of hydrogen-bond acceptors (Lipinski definition) is 0. The van der Waals surface area contributed by atoms with Crippen molar-refractivity contribution in [2.24, 2.45) is 5.41 Å². The molecule has 0 bridgehead atoms. The van der Waals surface area contributed by atoms with Crippen molar-refractivity contribution in [1.82, 2.24) is 0 Å². The Labute approximate surface area is 90.1 Å². The summed E-state index contributed by atoms with van der Waals surface area (Å²) in [5, 5.41) is 0. The largest absolute Gasteiger partial charge is 0.103 e. The molecule has 1 unspecified atom stereocenters. The van der Waals surface area contributed by atoms with Crippen molar-refractivity contribution >= 4 is 0 Å². The highest BCUT2D eigenvalue weighted by Crippen LogP contribution is 2.31. The number of allylic oxidation sites excluding steroid dienone is 3. The van der Waals surface area contributed by atoms with Gasteiger partial charge in [-0.1, -0.05) is 51.8 Å². The molecular weight excluding hydrogens is 168 g/mol. The summed E-state index contributed by atoms with van der Waals surface area (Å²) in [7, 11) is 0. The second-order valence-electron chi connectivity index (χ2n) is 4.42. The summed E-state index contributed by atoms with van der Waals surface area (Å²) < 4.78 is 0. The van der Waals surface area contributed by atoms with E-state index in [0.717, 1.165) is 6.42 Å². The van der Waals surface area contributed by atoms with Crippen molar-refractivity contribution in [3.05, 3.63) is 24.8 Å². The number of unbranched alkanes of at least 4 members (excludes halogenated alkanes) is 1. The molecular formula is C14H26. The molecule has 0 heterocycles. The van der Waals surface area contributed by atoms with Crippen LogP contribution in [0.15, 0.2) is 24.8 Å². The van der Waals surface area contributed by atoms with Gasteiger partial charge in [-0.05, 0) is 31.1 Å². The molecule has 0 aromatic rings. The van der Waals surface area contributed by atoms with Gasteiger partial charge in [0.2, 0.25) is 0 Å². The molecule has 0 aromatic carbocycles. The molecule has 0 rings (SSSR count). The Kier molecular flexibility index (Phi) is 7.55. The topological polar surface area (TPSA) is 0 Å². The normalized spacial score (nSPS) is 15.6. The molecule has 0 heteroatoms. The minimum Gasteiger partial charge on any atom is -0.103 e. The van der Waals surface area contributed by atoms with Gasteiger partial charge in [0.1, 0.15) is 0 Å². The van der Waals surface area contributed by atoms with Crippen LogP contribution in [0.25, 0.3) is 0 Å². The highest BCUT2D eigenvalue weighted by Gasteiger charge is 2.17. The van der Waals surface area contributed by atoms with Crippen LogP contribution in [0.5, 0.6) is 0 Å². The van der Waals surface area contributed by atoms with Crippen molar-refractivity contribution in [3.63, 3.8) is 0 Å². The van der Waals surface area contributed by atoms with Gasteiger partial charge in [-0.25, -0.2) is 0 Å². The van der Waals surface area contributed by atoms with Crippen LogP contribution in [0.4, 0.5) is 0 Å². The predicted molar refractivity (Wildman–Crippen MR) is 66.5 cm³/mol. The van der Waals surface area contributed by atoms with Crippen LogP contribution < -0.4 is 0 Å². The van der Waals surface area contributed by atoms with E-state index in [0.29, 0.717) is 5.41 Å². The van der Waals surface area contributed by atoms with E-state index in [-0.39, 0.29) is 0 Å². The standard InChI is InChI=1S/C14H26/c1-5-8-10-13-14(4,11-7-3)12-9-6-2/h6,10,13H,2,5,7-9,11-12H2,1,3-4H3. The first kappa shape index (κ1) is 13.5. The lowest BCUT2D eigenvalue weighted by Crippen LogP contribution is -2.12. The van der Waals surface area contributed by atoms with E-state index in [9.17, 15) is 0 Å². The molecule has 0 N–H and O–H groups in total. The maximum absolute atomic E-state index is 3.80. The minimum absolute atomic E-state index is 0.401. The van der Waals surface area contributed by atoms with Gasteiger partial charge in [-0.15, -0.1) is 6.58 Å². The first-order valence-corrected chi connectivity index (χ1v) is 5.97. The summed E-state index contributed by atoms with van der Waals surface area (Å²) in [4.78, 5) is 0. The first-order chi connectivity index (χ1) is 6.68. The summed E-state index contributed by atoms with van der Waals surface area (Å²) in [6.45, 7) is 10.7. The van der Waals surface area contributed by atoms with Crippen LogP contribution in [-0.4, -0.2) is 0 Å². The zero-order valence-corrected chi connectivity index (χ0v) is 10.2. The molecule has 0 fully saturated rings. The third-order valence-corrected chi connectivity index (χ3v) is 2.72. The predicted octanol–water partition coefficient (Wildman–Crippen LogP) is 5.12. The molecule has 0 aliphatic carbocycles. The van der Waals surface area contributed by atoms with E-state index in [1.165, 1.54) is 32.1 Å². The molecule has 1 atom stereocenters. The molecule has 0 saturated carbocycles. The van der Waals surface area contributed by atoms with Gasteiger partial charge < -0.3 is 0 Å². The Morgan fingerprint density at radius 1 is 1.07 bits per heavy atom. The average molecular weight is 194 g/mol. The fourth-order valence-corrected chi connectivity index (χ4v) is 1.83. The van der Waals surface area contributed by atoms with Gasteiger partial charge in [0.15, 0.2) is 0 Å². The highest BCUT2D eigenvalue weighted by molar-refractivity contribution is 4.97. The molecule has 0 nitrogen and oxygen atoms in total. The molecule has 0 aliphatic heterocycles. The van der Waals surface area contributed by atoms with Crippen molar-refractivity contribution in [2.45, 2.75) is 59.3 Å². The van der Waals surface area contributed by atoms with E-state index in [1.54, 1.807) is 0 Å². The Morgan fingerprint density at radius 2 is 1.79 bits per heavy atom. The van der Waals surface area contributed by atoms with Crippen molar-refractivity contribution in [1.29, 1.82) is 0 Å². The Balaban J connectivity index is 4.14. The lowest BCUT2D eigenvalue weighted by molar-refractivity contribution is 0.358. The number of hydrogen-bond donors (Lipinski definition) is 0. The van der Waals surface area contributed by atoms with E-state index in [4.69, 9.17) is 0 Å². The average Bonchev–Trinajstić information content (AvgIpc) is 2.16. The van der Waals surface area contributed by atoms with Crippen molar-refractivity contribution < 1.29 is 0 Å². The summed E-state index contributed by atoms with van der Waals surface area (Å²) in [6, 6.07) is 0. The maximum atomic E-state index is 3.80. The van der Waals surface area contributed by atoms with Gasteiger partial charge in [0.05, 0.1) is 0 Å². The SMILES string of the molecule is C=CCCC(C)(C=CCCC)CCC. The monoisotopic (exact) mass is 194 g/mol. The summed E-state index contributed by atoms with van der Waals surface area (Å²) >= 11 is 0. The zero-order chi connectivity index (χ0) is 10.9. The minimum atomic E-state index is 0.401. The van der Waals surface area contributed by atoms with Crippen LogP contribution >= 0.6 is 0 Å². The molecule has 14 heavy (non-hydrogen) atoms. The zero-order valence-electron chi connectivity index (χ0n) is 10.2. The molecule has 0 aromatic heterocycles. The van der Waals surface area contributed by atoms with Crippen LogP contribution in [0.3, 0.4) is 0 Å². The third-order valence-electron chi connectivity index (χ3n) is 2.72. The third kappa shape index (κ3) is 6.01. The van der Waals surface area contributed by atoms with E-state index in [2.05, 4.69) is 39.5 Å². The van der Waals surface area contributed by atoms with Crippen molar-refractivity contribution in [3.8, 4) is 0 Å². The fourth-order valence-electron chi connectivity index (χ4n) is 1.83. The lowest BCUT2D eigenvalue weighted by Gasteiger charge is -2.25. The Morgan fingerprint density at radius 3 is 2.29 bits per heavy atom. The van der Waals surface area contributed by atoms with Gasteiger partial charge in [-0.2, -0.15) is 0 Å². The molecule has 0 radical (unpaired) electrons. The van der Waals surface area contributed by atoms with Gasteiger partial charge in [-0.3, -0.25) is 0 Å². The Hall–Kier alpha value is -0.520. The Bertz CT molecular complexity index is 167. The number of rotatable bonds is 8. The van der Waals surface area contributed by atoms with Gasteiger partial charge >= 0.3 is 0 Å². The summed E-state index contributed by atoms with van der Waals surface area (Å²) in [5.41, 5.74) is 0.401. The molecule has 0 spiro atoms. The smallest absolute Gasteiger partial charge is 0.0144 e. The van der Waals surface area contributed by atoms with Gasteiger partial charge in [0.25, 0.3) is 0 Å². The highest BCUT2D eigenvalue weighted by atomic mass is 14.2. The van der Waals surface area contributed by atoms with E-state index < -0.39 is 0 Å². The lowest BCUT2D eigenvalue weighted by atomic mass is 9.80. The molecule has 0 aliphatic rings. The molecule has 0 amide bonds. The quantitative estimate of drug-likeness (QED) is 0.471. The summed E-state index contributed by atoms with van der Waals surface area (Å²) in [6.07, 6.45) is 14.2. The maximum Gasteiger partial charge on any atom is -0.0144 e. The van der Waals surface area contributed by atoms with E-state index >= 15 is 0 Å². The van der Waals surface area contributed by atoms with Crippen LogP contribution in [-0.2, 0) is 0 Å². The summed E-state index contributed by atoms with van der Waals surface area (Å²) in [5.74, 6) is 0. The molecule has 0 saturated heterocycles. The first-order valence-electron chi connectivity index (χ1n) is 5.97. The second kappa shape index (κ2) is 7.84. The van der Waals surface area contributed by atoms with Crippen LogP contribution in [0.2, 0.25) is 0 Å². The molecule has 82 valence electrons. The van der Waals surface area contributed by atoms with E-state index in [1.807, 2.05) is 6.08 Å².